The van der Waals surface area contributed by atoms with Gasteiger partial charge in [0, 0.05) is 17.8 Å². The smallest absolute Gasteiger partial charge is 0.139 e. The Bertz CT molecular complexity index is 472. The van der Waals surface area contributed by atoms with Crippen molar-refractivity contribution in [3.05, 3.63) is 48.0 Å². The minimum atomic E-state index is 0.147. The first-order valence-electron chi connectivity index (χ1n) is 6.95. The first-order valence-corrected chi connectivity index (χ1v) is 6.95. The second-order valence-corrected chi connectivity index (χ2v) is 5.97. The maximum absolute atomic E-state index is 12.5. The van der Waals surface area contributed by atoms with E-state index in [1.54, 1.807) is 0 Å². The van der Waals surface area contributed by atoms with E-state index in [0.29, 0.717) is 23.5 Å². The summed E-state index contributed by atoms with van der Waals surface area (Å²) in [7, 11) is 0. The molecule has 1 fully saturated rings. The van der Waals surface area contributed by atoms with E-state index in [-0.39, 0.29) is 11.8 Å². The number of carbonyl (C=O) groups is 1. The fraction of sp³-hybridized carbons (Fsp3) is 0.471. The molecule has 2 aliphatic carbocycles. The number of fused-ring (bicyclic) bond motifs is 2. The maximum Gasteiger partial charge on any atom is 0.139 e. The molecule has 0 amide bonds. The average molecular weight is 240 g/mol. The highest BCUT2D eigenvalue weighted by Crippen LogP contribution is 2.53. The fourth-order valence-corrected chi connectivity index (χ4v) is 3.72. The number of hydrogen-bond donors (Lipinski definition) is 0. The van der Waals surface area contributed by atoms with Crippen molar-refractivity contribution in [3.63, 3.8) is 0 Å². The van der Waals surface area contributed by atoms with Crippen molar-refractivity contribution < 1.29 is 4.79 Å². The summed E-state index contributed by atoms with van der Waals surface area (Å²) in [4.78, 5) is 12.5. The zero-order valence-corrected chi connectivity index (χ0v) is 11.0. The molecule has 0 aliphatic heterocycles. The molecule has 18 heavy (non-hydrogen) atoms. The van der Waals surface area contributed by atoms with Crippen LogP contribution in [-0.2, 0) is 4.79 Å². The molecule has 1 unspecified atom stereocenters. The van der Waals surface area contributed by atoms with Crippen molar-refractivity contribution in [1.82, 2.24) is 0 Å². The third-order valence-electron chi connectivity index (χ3n) is 4.54. The predicted octanol–water partition coefficient (Wildman–Crippen LogP) is 3.82. The normalized spacial score (nSPS) is 33.3. The molecule has 0 radical (unpaired) electrons. The molecular weight excluding hydrogens is 220 g/mol. The minimum Gasteiger partial charge on any atom is -0.299 e. The molecule has 0 N–H and O–H groups in total. The zero-order chi connectivity index (χ0) is 12.7. The number of Topliss-reactive ketones (excluding diaryl/α,β-unsaturated/α-hetero) is 1. The molecule has 1 aromatic rings. The first-order chi connectivity index (χ1) is 8.68. The molecule has 0 heterocycles. The summed E-state index contributed by atoms with van der Waals surface area (Å²) in [5, 5.41) is 0. The minimum absolute atomic E-state index is 0.147. The van der Waals surface area contributed by atoms with Crippen molar-refractivity contribution in [2.45, 2.75) is 26.2 Å². The number of benzene rings is 1. The Morgan fingerprint density at radius 2 is 1.78 bits per heavy atom. The highest BCUT2D eigenvalue weighted by molar-refractivity contribution is 5.85. The number of rotatable bonds is 3. The molecule has 0 aromatic heterocycles. The molecule has 94 valence electrons. The van der Waals surface area contributed by atoms with Crippen LogP contribution in [0.1, 0.15) is 31.7 Å². The molecule has 1 nitrogen and oxygen atoms in total. The summed E-state index contributed by atoms with van der Waals surface area (Å²) >= 11 is 0. The van der Waals surface area contributed by atoms with Gasteiger partial charge in [-0.05, 0) is 23.8 Å². The summed E-state index contributed by atoms with van der Waals surface area (Å²) in [6.45, 7) is 4.06. The highest BCUT2D eigenvalue weighted by Gasteiger charge is 2.48. The van der Waals surface area contributed by atoms with Crippen LogP contribution in [-0.4, -0.2) is 5.78 Å². The van der Waals surface area contributed by atoms with Crippen molar-refractivity contribution in [2.24, 2.45) is 23.7 Å². The summed E-state index contributed by atoms with van der Waals surface area (Å²) in [5.41, 5.74) is 1.34. The van der Waals surface area contributed by atoms with E-state index in [1.807, 2.05) is 19.9 Å². The number of allylic oxidation sites excluding steroid dienone is 2. The highest BCUT2D eigenvalue weighted by atomic mass is 16.1. The zero-order valence-electron chi connectivity index (χ0n) is 11.0. The first kappa shape index (κ1) is 11.7. The molecule has 2 aliphatic rings. The quantitative estimate of drug-likeness (QED) is 0.734. The van der Waals surface area contributed by atoms with Gasteiger partial charge in [0.05, 0.1) is 0 Å². The average Bonchev–Trinajstić information content (AvgIpc) is 2.98. The van der Waals surface area contributed by atoms with Gasteiger partial charge in [-0.1, -0.05) is 56.3 Å². The van der Waals surface area contributed by atoms with E-state index in [9.17, 15) is 4.79 Å². The summed E-state index contributed by atoms with van der Waals surface area (Å²) in [6, 6.07) is 10.6. The topological polar surface area (TPSA) is 17.1 Å². The van der Waals surface area contributed by atoms with Crippen molar-refractivity contribution in [3.8, 4) is 0 Å². The molecule has 1 saturated carbocycles. The van der Waals surface area contributed by atoms with Gasteiger partial charge in [0.25, 0.3) is 0 Å². The Morgan fingerprint density at radius 3 is 2.44 bits per heavy atom. The summed E-state index contributed by atoms with van der Waals surface area (Å²) < 4.78 is 0. The van der Waals surface area contributed by atoms with Crippen LogP contribution in [0.15, 0.2) is 42.5 Å². The van der Waals surface area contributed by atoms with E-state index >= 15 is 0 Å². The standard InChI is InChI=1S/C17H20O/c1-11(2)17(18)16-14-9-8-13(10-14)15(16)12-6-4-3-5-7-12/h3-9,11,13-16H,10H2,1-2H3/t13-,14-,15?,16+/m1/s1. The third kappa shape index (κ3) is 1.73. The van der Waals surface area contributed by atoms with Gasteiger partial charge in [0.2, 0.25) is 0 Å². The Kier molecular flexibility index (Phi) is 2.85. The molecule has 0 saturated heterocycles. The molecule has 3 rings (SSSR count). The Hall–Kier alpha value is -1.37. The number of carbonyl (C=O) groups excluding carboxylic acids is 1. The van der Waals surface area contributed by atoms with Crippen LogP contribution in [0.25, 0.3) is 0 Å². The molecular formula is C17H20O. The largest absolute Gasteiger partial charge is 0.299 e. The molecule has 1 aromatic carbocycles. The van der Waals surface area contributed by atoms with Crippen LogP contribution in [0.2, 0.25) is 0 Å². The van der Waals surface area contributed by atoms with Crippen LogP contribution in [0.4, 0.5) is 0 Å². The van der Waals surface area contributed by atoms with Gasteiger partial charge in [-0.2, -0.15) is 0 Å². The van der Waals surface area contributed by atoms with Crippen LogP contribution in [0.5, 0.6) is 0 Å². The molecule has 4 atom stereocenters. The lowest BCUT2D eigenvalue weighted by Gasteiger charge is -2.28. The molecule has 2 bridgehead atoms. The maximum atomic E-state index is 12.5. The van der Waals surface area contributed by atoms with Gasteiger partial charge in [-0.25, -0.2) is 0 Å². The van der Waals surface area contributed by atoms with Crippen LogP contribution >= 0.6 is 0 Å². The van der Waals surface area contributed by atoms with Crippen LogP contribution in [0, 0.1) is 23.7 Å². The Morgan fingerprint density at radius 1 is 1.11 bits per heavy atom. The van der Waals surface area contributed by atoms with E-state index in [4.69, 9.17) is 0 Å². The summed E-state index contributed by atoms with van der Waals surface area (Å²) in [6.07, 6.45) is 5.77. The Labute approximate surface area is 109 Å². The van der Waals surface area contributed by atoms with Gasteiger partial charge in [-0.3, -0.25) is 4.79 Å². The van der Waals surface area contributed by atoms with E-state index in [2.05, 4.69) is 36.4 Å². The van der Waals surface area contributed by atoms with Crippen LogP contribution in [0.3, 0.4) is 0 Å². The van der Waals surface area contributed by atoms with Crippen molar-refractivity contribution in [1.29, 1.82) is 0 Å². The van der Waals surface area contributed by atoms with Crippen molar-refractivity contribution >= 4 is 5.78 Å². The lowest BCUT2D eigenvalue weighted by atomic mass is 9.74. The predicted molar refractivity (Wildman–Crippen MR) is 73.3 cm³/mol. The van der Waals surface area contributed by atoms with Gasteiger partial charge < -0.3 is 0 Å². The lowest BCUT2D eigenvalue weighted by Crippen LogP contribution is -2.29. The Balaban J connectivity index is 1.97. The van der Waals surface area contributed by atoms with E-state index < -0.39 is 0 Å². The SMILES string of the molecule is CC(C)C(=O)[C@@H]1C(c2ccccc2)[C@@H]2C=C[C@@H]1C2. The fourth-order valence-electron chi connectivity index (χ4n) is 3.72. The van der Waals surface area contributed by atoms with Gasteiger partial charge in [0.1, 0.15) is 5.78 Å². The second-order valence-electron chi connectivity index (χ2n) is 5.97. The van der Waals surface area contributed by atoms with Gasteiger partial charge in [0.15, 0.2) is 0 Å². The van der Waals surface area contributed by atoms with Crippen molar-refractivity contribution in [2.75, 3.05) is 0 Å². The van der Waals surface area contributed by atoms with E-state index in [0.717, 1.165) is 0 Å². The van der Waals surface area contributed by atoms with E-state index in [1.165, 1.54) is 12.0 Å². The van der Waals surface area contributed by atoms with Gasteiger partial charge in [-0.15, -0.1) is 0 Å². The number of ketones is 1. The molecule has 0 spiro atoms. The van der Waals surface area contributed by atoms with Crippen LogP contribution < -0.4 is 0 Å². The summed E-state index contributed by atoms with van der Waals surface area (Å²) in [5.74, 6) is 2.27. The molecule has 1 heteroatoms. The third-order valence-corrected chi connectivity index (χ3v) is 4.54. The second kappa shape index (κ2) is 4.38. The monoisotopic (exact) mass is 240 g/mol. The number of hydrogen-bond acceptors (Lipinski definition) is 1. The van der Waals surface area contributed by atoms with Gasteiger partial charge >= 0.3 is 0 Å². The lowest BCUT2D eigenvalue weighted by molar-refractivity contribution is -0.127.